The number of hydrogen-bond acceptors (Lipinski definition) is 15. The quantitative estimate of drug-likeness (QED) is 0.0169. The van der Waals surface area contributed by atoms with Gasteiger partial charge in [0.15, 0.2) is 12.2 Å². The lowest BCUT2D eigenvalue weighted by molar-refractivity contribution is -0.161. The monoisotopic (exact) mass is 1430 g/mol. The Kier molecular flexibility index (Phi) is 70.6. The predicted molar refractivity (Wildman–Crippen MR) is 400 cm³/mol. The Morgan fingerprint density at radius 3 is 0.714 bits per heavy atom. The number of esters is 4. The normalized spacial score (nSPS) is 14.1. The van der Waals surface area contributed by atoms with Gasteiger partial charge in [0, 0.05) is 25.7 Å². The van der Waals surface area contributed by atoms with Crippen LogP contribution in [0.15, 0.2) is 36.5 Å². The van der Waals surface area contributed by atoms with Crippen molar-refractivity contribution in [3.63, 3.8) is 0 Å². The Hall–Kier alpha value is -2.72. The molecule has 17 nitrogen and oxygen atoms in total. The lowest BCUT2D eigenvalue weighted by Crippen LogP contribution is -2.30. The third-order valence-corrected chi connectivity index (χ3v) is 19.5. The van der Waals surface area contributed by atoms with Gasteiger partial charge in [-0.15, -0.1) is 0 Å². The van der Waals surface area contributed by atoms with E-state index in [1.54, 1.807) is 0 Å². The van der Waals surface area contributed by atoms with E-state index in [-0.39, 0.29) is 25.7 Å². The van der Waals surface area contributed by atoms with E-state index < -0.39 is 97.5 Å². The first kappa shape index (κ1) is 95.3. The van der Waals surface area contributed by atoms with E-state index in [0.29, 0.717) is 25.7 Å². The van der Waals surface area contributed by atoms with Gasteiger partial charge in [0.05, 0.1) is 26.4 Å². The average Bonchev–Trinajstić information content (AvgIpc) is 1.04. The summed E-state index contributed by atoms with van der Waals surface area (Å²) in [7, 11) is -9.93. The number of rotatable bonds is 77. The number of hydrogen-bond donors (Lipinski definition) is 3. The summed E-state index contributed by atoms with van der Waals surface area (Å²) < 4.78 is 68.6. The van der Waals surface area contributed by atoms with Gasteiger partial charge in [-0.2, -0.15) is 0 Å². The number of carbonyl (C=O) groups excluding carboxylic acids is 4. The second-order valence-electron chi connectivity index (χ2n) is 27.4. The smallest absolute Gasteiger partial charge is 0.462 e. The maximum atomic E-state index is 13.1. The molecule has 98 heavy (non-hydrogen) atoms. The Morgan fingerprint density at radius 1 is 0.276 bits per heavy atom. The molecule has 0 fully saturated rings. The highest BCUT2D eigenvalue weighted by Gasteiger charge is 2.30. The first-order valence-electron chi connectivity index (χ1n) is 40.2. The van der Waals surface area contributed by atoms with Gasteiger partial charge < -0.3 is 33.8 Å². The standard InChI is InChI=1S/C79H148O17P2/c1-5-9-13-17-21-25-29-33-36-40-43-47-51-55-59-63-76(81)89-69-74(95-78(83)65-61-57-53-49-45-39-32-28-24-20-16-12-8-4)71-93-97(85,86)91-67-73(80)68-92-98(87,88)94-72-75(96-79(84)66-62-58-54-50-46-42-38-35-31-27-23-19-15-11-7-3)70-90-77(82)64-60-56-52-48-44-41-37-34-30-26-22-18-14-10-6-2/h26-27,30-31,33,36,73-75,80H,5-25,28-29,32,34-35,37-72H2,1-4H3,(H,85,86)(H,87,88)/b30-26-,31-27-,36-33-/t73-,74-,75-/m1/s1. The lowest BCUT2D eigenvalue weighted by atomic mass is 10.0. The number of ether oxygens (including phenoxy) is 4. The van der Waals surface area contributed by atoms with Crippen LogP contribution in [0.5, 0.6) is 0 Å². The summed E-state index contributed by atoms with van der Waals surface area (Å²) in [5.74, 6) is -2.15. The number of unbranched alkanes of at least 4 members (excludes halogenated alkanes) is 45. The molecule has 0 heterocycles. The summed E-state index contributed by atoms with van der Waals surface area (Å²) in [6.07, 6.45) is 68.3. The van der Waals surface area contributed by atoms with E-state index in [2.05, 4.69) is 64.2 Å². The van der Waals surface area contributed by atoms with E-state index in [0.717, 1.165) is 154 Å². The SMILES string of the molecule is CCCCCC/C=C\CCCCCCCCCC(=O)OC[C@H](COP(=O)(O)OC[C@H](O)COP(=O)(O)OC[C@@H](COC(=O)CCCCCCC/C=C\CCCCCCCC)OC(=O)CCCCCCCCCCCCCCC)OC(=O)CCCCCCCCC/C=C\CCCCCC. The molecule has 0 amide bonds. The predicted octanol–water partition coefficient (Wildman–Crippen LogP) is 23.1. The Bertz CT molecular complexity index is 2000. The second-order valence-corrected chi connectivity index (χ2v) is 30.3. The third-order valence-electron chi connectivity index (χ3n) is 17.6. The molecule has 0 saturated carbocycles. The summed E-state index contributed by atoms with van der Waals surface area (Å²) in [6, 6.07) is 0. The van der Waals surface area contributed by atoms with Crippen molar-refractivity contribution < 1.29 is 80.2 Å². The van der Waals surface area contributed by atoms with Crippen LogP contribution in [0.1, 0.15) is 387 Å². The summed E-state index contributed by atoms with van der Waals surface area (Å²) in [4.78, 5) is 72.9. The van der Waals surface area contributed by atoms with Gasteiger partial charge in [-0.25, -0.2) is 9.13 Å². The first-order valence-corrected chi connectivity index (χ1v) is 43.2. The molecule has 576 valence electrons. The maximum absolute atomic E-state index is 13.1. The zero-order chi connectivity index (χ0) is 71.8. The molecule has 0 aromatic heterocycles. The molecule has 0 aliphatic heterocycles. The van der Waals surface area contributed by atoms with Crippen molar-refractivity contribution in [2.75, 3.05) is 39.6 Å². The molecule has 0 saturated heterocycles. The Morgan fingerprint density at radius 2 is 0.469 bits per heavy atom. The fourth-order valence-corrected chi connectivity index (χ4v) is 13.0. The lowest BCUT2D eigenvalue weighted by Gasteiger charge is -2.21. The molecular formula is C79H148O17P2. The van der Waals surface area contributed by atoms with Gasteiger partial charge in [-0.3, -0.25) is 37.3 Å². The molecule has 0 radical (unpaired) electrons. The van der Waals surface area contributed by atoms with E-state index >= 15 is 0 Å². The summed E-state index contributed by atoms with van der Waals surface area (Å²) in [5, 5.41) is 10.6. The van der Waals surface area contributed by atoms with Crippen LogP contribution < -0.4 is 0 Å². The number of carbonyl (C=O) groups is 4. The van der Waals surface area contributed by atoms with Crippen LogP contribution in [0.4, 0.5) is 0 Å². The molecule has 0 spiro atoms. The number of aliphatic hydroxyl groups is 1. The number of allylic oxidation sites excluding steroid dienone is 6. The van der Waals surface area contributed by atoms with Crippen LogP contribution in [0.2, 0.25) is 0 Å². The van der Waals surface area contributed by atoms with E-state index in [9.17, 15) is 43.2 Å². The van der Waals surface area contributed by atoms with E-state index in [1.165, 1.54) is 154 Å². The molecule has 5 atom stereocenters. The third kappa shape index (κ3) is 71.7. The van der Waals surface area contributed by atoms with Gasteiger partial charge in [-0.05, 0) is 103 Å². The highest BCUT2D eigenvalue weighted by atomic mass is 31.2. The first-order chi connectivity index (χ1) is 47.7. The summed E-state index contributed by atoms with van der Waals surface area (Å²) in [6.45, 7) is 4.92. The molecule has 2 unspecified atom stereocenters. The number of phosphoric ester groups is 2. The van der Waals surface area contributed by atoms with Crippen LogP contribution in [-0.4, -0.2) is 96.7 Å². The minimum Gasteiger partial charge on any atom is -0.462 e. The van der Waals surface area contributed by atoms with Crippen LogP contribution in [0, 0.1) is 0 Å². The second kappa shape index (κ2) is 72.6. The highest BCUT2D eigenvalue weighted by Crippen LogP contribution is 2.45. The van der Waals surface area contributed by atoms with Crippen molar-refractivity contribution in [2.24, 2.45) is 0 Å². The highest BCUT2D eigenvalue weighted by molar-refractivity contribution is 7.47. The van der Waals surface area contributed by atoms with Crippen molar-refractivity contribution in [1.29, 1.82) is 0 Å². The van der Waals surface area contributed by atoms with Gasteiger partial charge in [0.2, 0.25) is 0 Å². The Labute approximate surface area is 598 Å². The molecule has 0 aromatic rings. The topological polar surface area (TPSA) is 237 Å². The average molecular weight is 1430 g/mol. The Balaban J connectivity index is 5.31. The van der Waals surface area contributed by atoms with Crippen molar-refractivity contribution >= 4 is 39.5 Å². The summed E-state index contributed by atoms with van der Waals surface area (Å²) >= 11 is 0. The molecule has 19 heteroatoms. The van der Waals surface area contributed by atoms with Crippen molar-refractivity contribution in [2.45, 2.75) is 406 Å². The zero-order valence-corrected chi connectivity index (χ0v) is 64.8. The van der Waals surface area contributed by atoms with Gasteiger partial charge in [-0.1, -0.05) is 295 Å². The summed E-state index contributed by atoms with van der Waals surface area (Å²) in [5.41, 5.74) is 0. The van der Waals surface area contributed by atoms with Crippen LogP contribution in [0.25, 0.3) is 0 Å². The molecule has 0 rings (SSSR count). The minimum absolute atomic E-state index is 0.0955. The molecule has 3 N–H and O–H groups in total. The maximum Gasteiger partial charge on any atom is 0.472 e. The number of aliphatic hydroxyl groups excluding tert-OH is 1. The van der Waals surface area contributed by atoms with Crippen molar-refractivity contribution in [3.05, 3.63) is 36.5 Å². The van der Waals surface area contributed by atoms with E-state index in [1.807, 2.05) is 0 Å². The van der Waals surface area contributed by atoms with Crippen molar-refractivity contribution in [3.8, 4) is 0 Å². The van der Waals surface area contributed by atoms with Gasteiger partial charge >= 0.3 is 39.5 Å². The van der Waals surface area contributed by atoms with Gasteiger partial charge in [0.25, 0.3) is 0 Å². The van der Waals surface area contributed by atoms with Crippen LogP contribution >= 0.6 is 15.6 Å². The van der Waals surface area contributed by atoms with Gasteiger partial charge in [0.1, 0.15) is 19.3 Å². The minimum atomic E-state index is -4.97. The molecule has 0 aromatic carbocycles. The molecular weight excluding hydrogens is 1280 g/mol. The fraction of sp³-hybridized carbons (Fsp3) is 0.873. The van der Waals surface area contributed by atoms with Crippen LogP contribution in [0.3, 0.4) is 0 Å². The molecule has 0 aliphatic rings. The molecule has 0 bridgehead atoms. The largest absolute Gasteiger partial charge is 0.472 e. The van der Waals surface area contributed by atoms with Crippen LogP contribution in [-0.2, 0) is 65.4 Å². The van der Waals surface area contributed by atoms with Crippen molar-refractivity contribution in [1.82, 2.24) is 0 Å². The molecule has 0 aliphatic carbocycles. The zero-order valence-electron chi connectivity index (χ0n) is 63.0. The van der Waals surface area contributed by atoms with E-state index in [4.69, 9.17) is 37.0 Å². The fourth-order valence-electron chi connectivity index (χ4n) is 11.4. The number of phosphoric acid groups is 2.